The molecule has 0 bridgehead atoms. The minimum Gasteiger partial charge on any atom is -0.311 e. The van der Waals surface area contributed by atoms with Crippen LogP contribution in [0.2, 0.25) is 0 Å². The fourth-order valence-corrected chi connectivity index (χ4v) is 6.98. The summed E-state index contributed by atoms with van der Waals surface area (Å²) in [5.74, 6) is 0. The molecule has 0 heterocycles. The first-order chi connectivity index (χ1) is 27.8. The van der Waals surface area contributed by atoms with Crippen LogP contribution < -0.4 is 4.90 Å². The van der Waals surface area contributed by atoms with E-state index in [-0.39, 0.29) is 16.2 Å². The molecule has 1 heteroatoms. The van der Waals surface area contributed by atoms with E-state index >= 15 is 0 Å². The molecule has 1 nitrogen and oxygen atoms in total. The molecule has 6 aromatic carbocycles. The average molecular weight is 762 g/mol. The van der Waals surface area contributed by atoms with E-state index in [0.29, 0.717) is 0 Å². The van der Waals surface area contributed by atoms with Crippen molar-refractivity contribution in [1.29, 1.82) is 0 Å². The molecule has 0 aliphatic rings. The van der Waals surface area contributed by atoms with E-state index in [1.807, 2.05) is 0 Å². The van der Waals surface area contributed by atoms with Gasteiger partial charge < -0.3 is 4.90 Å². The van der Waals surface area contributed by atoms with Crippen LogP contribution in [0.4, 0.5) is 17.1 Å². The molecule has 296 valence electrons. The minimum absolute atomic E-state index is 0.190. The Morgan fingerprint density at radius 3 is 0.638 bits per heavy atom. The molecule has 6 aromatic rings. The van der Waals surface area contributed by atoms with Gasteiger partial charge in [0.1, 0.15) is 0 Å². The van der Waals surface area contributed by atoms with Crippen LogP contribution in [-0.2, 0) is 16.2 Å². The molecule has 0 amide bonds. The van der Waals surface area contributed by atoms with Gasteiger partial charge in [-0.05, 0) is 122 Å². The number of rotatable bonds is 15. The molecule has 0 fully saturated rings. The Hall–Kier alpha value is -5.66. The fraction of sp³-hybridized carbons (Fsp3) is 0.263. The number of hydrogen-bond donors (Lipinski definition) is 0. The maximum absolute atomic E-state index is 2.34. The van der Waals surface area contributed by atoms with Gasteiger partial charge in [-0.25, -0.2) is 0 Å². The van der Waals surface area contributed by atoms with Crippen LogP contribution >= 0.6 is 0 Å². The molecule has 0 radical (unpaired) electrons. The SMILES string of the molecule is CCC(C)(C)c1ccc(C=Cc2ccc(N(c3ccc(C=Cc4ccc(C(C)(C)CC)cc4)cc3)c3ccc(C=Cc4ccc(C(C)(C)CC)cc4)cc3)cc2)cc1. The normalized spacial score (nSPS) is 12.6. The van der Waals surface area contributed by atoms with Gasteiger partial charge in [-0.2, -0.15) is 0 Å². The van der Waals surface area contributed by atoms with Crippen molar-refractivity contribution >= 4 is 53.5 Å². The van der Waals surface area contributed by atoms with Crippen molar-refractivity contribution in [3.8, 4) is 0 Å². The first kappa shape index (κ1) is 42.0. The Kier molecular flexibility index (Phi) is 13.2. The second-order valence-electron chi connectivity index (χ2n) is 17.7. The highest BCUT2D eigenvalue weighted by Crippen LogP contribution is 2.36. The summed E-state index contributed by atoms with van der Waals surface area (Å²) in [6, 6.07) is 53.6. The third-order valence-electron chi connectivity index (χ3n) is 12.6. The molecule has 0 atom stereocenters. The standard InChI is InChI=1S/C57H63N/c1-10-55(4,5)49-31-19-43(20-32-49)13-16-46-25-37-52(38-26-46)58(53-39-27-47(28-40-53)17-14-44-21-33-50(34-22-44)56(6,7)11-2)54-41-29-48(30-42-54)18-15-45-23-35-51(36-24-45)57(8,9)12-3/h13-42H,10-12H2,1-9H3. The van der Waals surface area contributed by atoms with Crippen molar-refractivity contribution in [2.75, 3.05) is 4.90 Å². The van der Waals surface area contributed by atoms with Crippen molar-refractivity contribution in [1.82, 2.24) is 0 Å². The molecule has 6 rings (SSSR count). The maximum atomic E-state index is 2.34. The van der Waals surface area contributed by atoms with E-state index in [2.05, 4.69) is 249 Å². The molecule has 0 N–H and O–H groups in total. The zero-order valence-corrected chi connectivity index (χ0v) is 36.4. The number of anilines is 3. The second-order valence-corrected chi connectivity index (χ2v) is 17.7. The third-order valence-corrected chi connectivity index (χ3v) is 12.6. The molecule has 0 aliphatic carbocycles. The first-order valence-electron chi connectivity index (χ1n) is 21.3. The summed E-state index contributed by atoms with van der Waals surface area (Å²) in [4.78, 5) is 2.34. The predicted octanol–water partition coefficient (Wildman–Crippen LogP) is 16.7. The number of hydrogen-bond acceptors (Lipinski definition) is 1. The lowest BCUT2D eigenvalue weighted by Gasteiger charge is -2.26. The Balaban J connectivity index is 1.24. The largest absolute Gasteiger partial charge is 0.311 e. The first-order valence-corrected chi connectivity index (χ1v) is 21.3. The van der Waals surface area contributed by atoms with Crippen LogP contribution in [0.5, 0.6) is 0 Å². The molecule has 0 unspecified atom stereocenters. The maximum Gasteiger partial charge on any atom is 0.0462 e. The monoisotopic (exact) mass is 761 g/mol. The van der Waals surface area contributed by atoms with E-state index in [1.54, 1.807) is 0 Å². The van der Waals surface area contributed by atoms with Gasteiger partial charge in [-0.3, -0.25) is 0 Å². The van der Waals surface area contributed by atoms with E-state index in [9.17, 15) is 0 Å². The van der Waals surface area contributed by atoms with Gasteiger partial charge in [0.25, 0.3) is 0 Å². The molecule has 0 saturated carbocycles. The summed E-state index contributed by atoms with van der Waals surface area (Å²) >= 11 is 0. The quantitative estimate of drug-likeness (QED) is 0.0942. The Bertz CT molecular complexity index is 2020. The van der Waals surface area contributed by atoms with Crippen molar-refractivity contribution in [3.63, 3.8) is 0 Å². The van der Waals surface area contributed by atoms with Gasteiger partial charge in [0.15, 0.2) is 0 Å². The van der Waals surface area contributed by atoms with Crippen molar-refractivity contribution in [2.45, 2.75) is 97.8 Å². The van der Waals surface area contributed by atoms with Crippen LogP contribution in [0, 0.1) is 0 Å². The van der Waals surface area contributed by atoms with Crippen LogP contribution in [0.1, 0.15) is 132 Å². The Morgan fingerprint density at radius 1 is 0.293 bits per heavy atom. The van der Waals surface area contributed by atoms with E-state index in [0.717, 1.165) is 36.3 Å². The summed E-state index contributed by atoms with van der Waals surface area (Å²) in [5, 5.41) is 0. The highest BCUT2D eigenvalue weighted by Gasteiger charge is 2.19. The van der Waals surface area contributed by atoms with Crippen LogP contribution in [-0.4, -0.2) is 0 Å². The lowest BCUT2D eigenvalue weighted by molar-refractivity contribution is 0.506. The highest BCUT2D eigenvalue weighted by molar-refractivity contribution is 5.80. The Labute approximate surface area is 350 Å². The summed E-state index contributed by atoms with van der Waals surface area (Å²) in [5.41, 5.74) is 15.2. The van der Waals surface area contributed by atoms with Crippen molar-refractivity contribution in [3.05, 3.63) is 196 Å². The number of nitrogens with zero attached hydrogens (tertiary/aromatic N) is 1. The summed E-state index contributed by atoms with van der Waals surface area (Å²) in [6.07, 6.45) is 16.6. The number of benzene rings is 6. The predicted molar refractivity (Wildman–Crippen MR) is 257 cm³/mol. The van der Waals surface area contributed by atoms with Crippen LogP contribution in [0.25, 0.3) is 36.5 Å². The minimum atomic E-state index is 0.190. The van der Waals surface area contributed by atoms with Gasteiger partial charge in [-0.15, -0.1) is 0 Å². The van der Waals surface area contributed by atoms with Crippen LogP contribution in [0.3, 0.4) is 0 Å². The van der Waals surface area contributed by atoms with E-state index in [4.69, 9.17) is 0 Å². The molecule has 58 heavy (non-hydrogen) atoms. The molecule has 0 spiro atoms. The Morgan fingerprint density at radius 2 is 0.466 bits per heavy atom. The topological polar surface area (TPSA) is 3.24 Å². The molecule has 0 saturated heterocycles. The van der Waals surface area contributed by atoms with Crippen LogP contribution in [0.15, 0.2) is 146 Å². The molecular formula is C57H63N. The van der Waals surface area contributed by atoms with Gasteiger partial charge >= 0.3 is 0 Å². The smallest absolute Gasteiger partial charge is 0.0462 e. The van der Waals surface area contributed by atoms with Crippen molar-refractivity contribution in [2.24, 2.45) is 0 Å². The molecular weight excluding hydrogens is 699 g/mol. The van der Waals surface area contributed by atoms with Gasteiger partial charge in [-0.1, -0.05) is 208 Å². The van der Waals surface area contributed by atoms with Gasteiger partial charge in [0, 0.05) is 17.1 Å². The summed E-state index contributed by atoms with van der Waals surface area (Å²) in [6.45, 7) is 20.6. The van der Waals surface area contributed by atoms with Crippen molar-refractivity contribution < 1.29 is 0 Å². The average Bonchev–Trinajstić information content (AvgIpc) is 3.26. The lowest BCUT2D eigenvalue weighted by Crippen LogP contribution is -2.14. The zero-order chi connectivity index (χ0) is 41.3. The summed E-state index contributed by atoms with van der Waals surface area (Å²) < 4.78 is 0. The van der Waals surface area contributed by atoms with Gasteiger partial charge in [0.2, 0.25) is 0 Å². The molecule has 0 aromatic heterocycles. The lowest BCUT2D eigenvalue weighted by atomic mass is 9.82. The zero-order valence-electron chi connectivity index (χ0n) is 36.4. The molecule has 0 aliphatic heterocycles. The highest BCUT2D eigenvalue weighted by atomic mass is 15.1. The van der Waals surface area contributed by atoms with E-state index in [1.165, 1.54) is 50.1 Å². The summed E-state index contributed by atoms with van der Waals surface area (Å²) in [7, 11) is 0. The second kappa shape index (κ2) is 18.3. The van der Waals surface area contributed by atoms with E-state index < -0.39 is 0 Å². The third kappa shape index (κ3) is 10.4. The van der Waals surface area contributed by atoms with Gasteiger partial charge in [0.05, 0.1) is 0 Å². The fourth-order valence-electron chi connectivity index (χ4n) is 6.98.